The summed E-state index contributed by atoms with van der Waals surface area (Å²) in [6.07, 6.45) is 1.77. The van der Waals surface area contributed by atoms with Gasteiger partial charge in [-0.05, 0) is 23.4 Å². The topological polar surface area (TPSA) is 67.3 Å². The maximum Gasteiger partial charge on any atom is 0.204 e. The molecule has 0 saturated heterocycles. The van der Waals surface area contributed by atoms with E-state index in [4.69, 9.17) is 0 Å². The average molecular weight is 223 g/mol. The lowest BCUT2D eigenvalue weighted by atomic mass is 10.1. The minimum atomic E-state index is 0.586. The molecule has 0 radical (unpaired) electrons. The molecular formula is C12H9N5. The molecule has 1 N–H and O–H groups in total. The molecule has 0 unspecified atom stereocenters. The van der Waals surface area contributed by atoms with E-state index in [1.165, 1.54) is 0 Å². The minimum absolute atomic E-state index is 0.586. The van der Waals surface area contributed by atoms with E-state index >= 15 is 0 Å². The summed E-state index contributed by atoms with van der Waals surface area (Å²) in [5.41, 5.74) is 2.88. The van der Waals surface area contributed by atoms with Crippen LogP contribution in [0.25, 0.3) is 22.6 Å². The fourth-order valence-electron chi connectivity index (χ4n) is 1.64. The normalized spacial score (nSPS) is 10.4. The first-order chi connectivity index (χ1) is 8.43. The Bertz CT molecular complexity index is 604. The molecule has 5 heteroatoms. The van der Waals surface area contributed by atoms with Crippen molar-refractivity contribution in [1.82, 2.24) is 25.6 Å². The Labute approximate surface area is 97.5 Å². The van der Waals surface area contributed by atoms with Crippen molar-refractivity contribution in [2.24, 2.45) is 0 Å². The third-order valence-corrected chi connectivity index (χ3v) is 2.43. The number of hydrogen-bond acceptors (Lipinski definition) is 4. The van der Waals surface area contributed by atoms with Crippen LogP contribution in [0.1, 0.15) is 0 Å². The van der Waals surface area contributed by atoms with Gasteiger partial charge in [0.15, 0.2) is 0 Å². The second-order valence-corrected chi connectivity index (χ2v) is 3.53. The number of nitrogens with zero attached hydrogens (tertiary/aromatic N) is 4. The molecule has 5 nitrogen and oxygen atoms in total. The summed E-state index contributed by atoms with van der Waals surface area (Å²) in [5, 5.41) is 13.9. The second-order valence-electron chi connectivity index (χ2n) is 3.53. The SMILES string of the molecule is c1ccc(-c2cccc(-c3nn[nH]n3)c2)nc1. The molecule has 0 aliphatic rings. The van der Waals surface area contributed by atoms with E-state index in [1.807, 2.05) is 42.5 Å². The van der Waals surface area contributed by atoms with Crippen LogP contribution in [0, 0.1) is 0 Å². The molecule has 0 fully saturated rings. The van der Waals surface area contributed by atoms with Gasteiger partial charge in [0.05, 0.1) is 5.69 Å². The number of benzene rings is 1. The van der Waals surface area contributed by atoms with Crippen molar-refractivity contribution in [3.8, 4) is 22.6 Å². The van der Waals surface area contributed by atoms with Gasteiger partial charge >= 0.3 is 0 Å². The number of tetrazole rings is 1. The largest absolute Gasteiger partial charge is 0.256 e. The smallest absolute Gasteiger partial charge is 0.204 e. The number of hydrogen-bond donors (Lipinski definition) is 1. The first-order valence-corrected chi connectivity index (χ1v) is 5.19. The number of pyridine rings is 1. The predicted octanol–water partition coefficient (Wildman–Crippen LogP) is 1.93. The molecule has 1 aromatic carbocycles. The summed E-state index contributed by atoms with van der Waals surface area (Å²) in [7, 11) is 0. The van der Waals surface area contributed by atoms with Gasteiger partial charge in [0.1, 0.15) is 0 Å². The number of H-pyrrole nitrogens is 1. The fraction of sp³-hybridized carbons (Fsp3) is 0. The Kier molecular flexibility index (Phi) is 2.34. The Morgan fingerprint density at radius 1 is 0.941 bits per heavy atom. The Balaban J connectivity index is 2.06. The van der Waals surface area contributed by atoms with Gasteiger partial charge in [-0.25, -0.2) is 0 Å². The molecule has 0 aliphatic heterocycles. The lowest BCUT2D eigenvalue weighted by Gasteiger charge is -2.01. The predicted molar refractivity (Wildman–Crippen MR) is 62.8 cm³/mol. The molecule has 0 aliphatic carbocycles. The second kappa shape index (κ2) is 4.13. The zero-order chi connectivity index (χ0) is 11.5. The van der Waals surface area contributed by atoms with Crippen molar-refractivity contribution in [3.63, 3.8) is 0 Å². The van der Waals surface area contributed by atoms with Crippen LogP contribution >= 0.6 is 0 Å². The molecule has 2 aromatic heterocycles. The van der Waals surface area contributed by atoms with Crippen LogP contribution in [0.3, 0.4) is 0 Å². The van der Waals surface area contributed by atoms with E-state index in [0.717, 1.165) is 16.8 Å². The van der Waals surface area contributed by atoms with Crippen molar-refractivity contribution < 1.29 is 0 Å². The highest BCUT2D eigenvalue weighted by Crippen LogP contribution is 2.21. The van der Waals surface area contributed by atoms with E-state index in [1.54, 1.807) is 6.20 Å². The van der Waals surface area contributed by atoms with Crippen LogP contribution in [0.4, 0.5) is 0 Å². The van der Waals surface area contributed by atoms with Gasteiger partial charge in [0, 0.05) is 17.3 Å². The van der Waals surface area contributed by atoms with Crippen LogP contribution in [-0.4, -0.2) is 25.6 Å². The standard InChI is InChI=1S/C12H9N5/c1-2-7-13-11(6-1)9-4-3-5-10(8-9)12-14-16-17-15-12/h1-8H,(H,14,15,16,17). The number of nitrogens with one attached hydrogen (secondary N) is 1. The van der Waals surface area contributed by atoms with Crippen molar-refractivity contribution in [2.75, 3.05) is 0 Å². The van der Waals surface area contributed by atoms with E-state index in [0.29, 0.717) is 5.82 Å². The van der Waals surface area contributed by atoms with Crippen LogP contribution in [-0.2, 0) is 0 Å². The lowest BCUT2D eigenvalue weighted by Crippen LogP contribution is -1.85. The molecular weight excluding hydrogens is 214 g/mol. The van der Waals surface area contributed by atoms with E-state index < -0.39 is 0 Å². The zero-order valence-corrected chi connectivity index (χ0v) is 8.91. The molecule has 0 amide bonds. The molecule has 3 rings (SSSR count). The molecule has 2 heterocycles. The van der Waals surface area contributed by atoms with E-state index in [2.05, 4.69) is 25.6 Å². The summed E-state index contributed by atoms with van der Waals surface area (Å²) >= 11 is 0. The fourth-order valence-corrected chi connectivity index (χ4v) is 1.64. The quantitative estimate of drug-likeness (QED) is 0.720. The lowest BCUT2D eigenvalue weighted by molar-refractivity contribution is 0.881. The van der Waals surface area contributed by atoms with Gasteiger partial charge < -0.3 is 0 Å². The highest BCUT2D eigenvalue weighted by Gasteiger charge is 2.04. The summed E-state index contributed by atoms with van der Waals surface area (Å²) in [6.45, 7) is 0. The monoisotopic (exact) mass is 223 g/mol. The van der Waals surface area contributed by atoms with Crippen molar-refractivity contribution in [1.29, 1.82) is 0 Å². The maximum atomic E-state index is 4.31. The molecule has 0 atom stereocenters. The number of aromatic amines is 1. The van der Waals surface area contributed by atoms with Gasteiger partial charge in [0.2, 0.25) is 5.82 Å². The third-order valence-electron chi connectivity index (χ3n) is 2.43. The highest BCUT2D eigenvalue weighted by molar-refractivity contribution is 5.67. The zero-order valence-electron chi connectivity index (χ0n) is 8.91. The van der Waals surface area contributed by atoms with Crippen molar-refractivity contribution >= 4 is 0 Å². The Morgan fingerprint density at radius 3 is 2.65 bits per heavy atom. The molecule has 0 saturated carbocycles. The first kappa shape index (κ1) is 9.65. The van der Waals surface area contributed by atoms with E-state index in [-0.39, 0.29) is 0 Å². The third kappa shape index (κ3) is 1.90. The number of rotatable bonds is 2. The van der Waals surface area contributed by atoms with Crippen LogP contribution in [0.5, 0.6) is 0 Å². The first-order valence-electron chi connectivity index (χ1n) is 5.19. The summed E-state index contributed by atoms with van der Waals surface area (Å²) in [5.74, 6) is 0.586. The van der Waals surface area contributed by atoms with Crippen LogP contribution in [0.2, 0.25) is 0 Å². The minimum Gasteiger partial charge on any atom is -0.256 e. The van der Waals surface area contributed by atoms with Gasteiger partial charge in [0.25, 0.3) is 0 Å². The Hall–Kier alpha value is -2.56. The van der Waals surface area contributed by atoms with Crippen LogP contribution < -0.4 is 0 Å². The van der Waals surface area contributed by atoms with Gasteiger partial charge in [-0.2, -0.15) is 5.21 Å². The van der Waals surface area contributed by atoms with Crippen molar-refractivity contribution in [2.45, 2.75) is 0 Å². The van der Waals surface area contributed by atoms with Crippen LogP contribution in [0.15, 0.2) is 48.7 Å². The highest BCUT2D eigenvalue weighted by atomic mass is 15.5. The van der Waals surface area contributed by atoms with Gasteiger partial charge in [-0.15, -0.1) is 10.2 Å². The molecule has 0 spiro atoms. The van der Waals surface area contributed by atoms with E-state index in [9.17, 15) is 0 Å². The summed E-state index contributed by atoms with van der Waals surface area (Å²) in [6, 6.07) is 13.7. The maximum absolute atomic E-state index is 4.31. The van der Waals surface area contributed by atoms with Gasteiger partial charge in [-0.3, -0.25) is 4.98 Å². The molecule has 0 bridgehead atoms. The Morgan fingerprint density at radius 2 is 1.88 bits per heavy atom. The average Bonchev–Trinajstić information content (AvgIpc) is 2.94. The molecule has 17 heavy (non-hydrogen) atoms. The van der Waals surface area contributed by atoms with Gasteiger partial charge in [-0.1, -0.05) is 24.3 Å². The summed E-state index contributed by atoms with van der Waals surface area (Å²) < 4.78 is 0. The van der Waals surface area contributed by atoms with Crippen molar-refractivity contribution in [3.05, 3.63) is 48.7 Å². The molecule has 3 aromatic rings. The number of aromatic nitrogens is 5. The summed E-state index contributed by atoms with van der Waals surface area (Å²) in [4.78, 5) is 4.31. The molecule has 82 valence electrons.